The number of methoxy groups -OCH3 is 1. The van der Waals surface area contributed by atoms with Gasteiger partial charge in [-0.05, 0) is 24.6 Å². The zero-order valence-corrected chi connectivity index (χ0v) is 16.8. The molecule has 1 aromatic carbocycles. The number of aromatic nitrogens is 1. The van der Waals surface area contributed by atoms with E-state index in [4.69, 9.17) is 9.26 Å². The van der Waals surface area contributed by atoms with E-state index in [0.717, 1.165) is 30.9 Å². The van der Waals surface area contributed by atoms with Gasteiger partial charge >= 0.3 is 6.03 Å². The smallest absolute Gasteiger partial charge is 0.315 e. The van der Waals surface area contributed by atoms with Crippen molar-refractivity contribution in [3.05, 3.63) is 47.3 Å². The average molecular weight is 401 g/mol. The van der Waals surface area contributed by atoms with Crippen molar-refractivity contribution < 1.29 is 18.8 Å². The molecule has 1 fully saturated rings. The molecule has 156 valence electrons. The number of carbonyl (C=O) groups excluding carboxylic acids is 2. The topological polar surface area (TPSA) is 99.9 Å². The summed E-state index contributed by atoms with van der Waals surface area (Å²) in [6.45, 7) is 6.30. The maximum Gasteiger partial charge on any atom is 0.315 e. The summed E-state index contributed by atoms with van der Waals surface area (Å²) >= 11 is 0. The fourth-order valence-corrected chi connectivity index (χ4v) is 3.12. The summed E-state index contributed by atoms with van der Waals surface area (Å²) < 4.78 is 10.1. The summed E-state index contributed by atoms with van der Waals surface area (Å²) in [6, 6.07) is 9.02. The number of carbonyl (C=O) groups is 2. The lowest BCUT2D eigenvalue weighted by atomic mass is 10.2. The van der Waals surface area contributed by atoms with Crippen LogP contribution in [0.5, 0.6) is 5.75 Å². The molecule has 0 spiro atoms. The molecule has 0 atom stereocenters. The molecule has 3 amide bonds. The third-order valence-electron chi connectivity index (χ3n) is 4.83. The van der Waals surface area contributed by atoms with Gasteiger partial charge in [0.05, 0.1) is 7.11 Å². The van der Waals surface area contributed by atoms with E-state index in [0.29, 0.717) is 37.6 Å². The fraction of sp³-hybridized carbons (Fsp3) is 0.450. The van der Waals surface area contributed by atoms with Crippen molar-refractivity contribution in [2.45, 2.75) is 13.5 Å². The Morgan fingerprint density at radius 1 is 1.14 bits per heavy atom. The van der Waals surface area contributed by atoms with Gasteiger partial charge in [-0.25, -0.2) is 4.79 Å². The molecule has 0 bridgehead atoms. The van der Waals surface area contributed by atoms with E-state index in [-0.39, 0.29) is 11.9 Å². The van der Waals surface area contributed by atoms with E-state index in [1.807, 2.05) is 24.3 Å². The van der Waals surface area contributed by atoms with Crippen LogP contribution in [0.15, 0.2) is 34.9 Å². The second-order valence-corrected chi connectivity index (χ2v) is 6.91. The first-order chi connectivity index (χ1) is 14.0. The summed E-state index contributed by atoms with van der Waals surface area (Å²) in [6.07, 6.45) is 0. The van der Waals surface area contributed by atoms with Crippen molar-refractivity contribution in [3.8, 4) is 5.75 Å². The molecule has 0 unspecified atom stereocenters. The van der Waals surface area contributed by atoms with Crippen LogP contribution in [0.2, 0.25) is 0 Å². The highest BCUT2D eigenvalue weighted by Crippen LogP contribution is 2.11. The number of hydrogen-bond acceptors (Lipinski definition) is 6. The van der Waals surface area contributed by atoms with Crippen LogP contribution in [-0.2, 0) is 6.54 Å². The van der Waals surface area contributed by atoms with Gasteiger partial charge in [-0.3, -0.25) is 9.69 Å². The SMILES string of the molecule is COc1ccc(CNC(=O)NCCN2CCN(C(=O)c3cc(C)on3)CC2)cc1. The molecule has 1 aliphatic rings. The summed E-state index contributed by atoms with van der Waals surface area (Å²) in [5.41, 5.74) is 1.36. The number of urea groups is 1. The molecule has 0 aliphatic carbocycles. The Morgan fingerprint density at radius 2 is 1.86 bits per heavy atom. The van der Waals surface area contributed by atoms with Crippen LogP contribution in [0.25, 0.3) is 0 Å². The summed E-state index contributed by atoms with van der Waals surface area (Å²) in [4.78, 5) is 28.3. The molecular formula is C20H27N5O4. The molecule has 1 aliphatic heterocycles. The third kappa shape index (κ3) is 5.95. The Balaban J connectivity index is 1.31. The van der Waals surface area contributed by atoms with Crippen LogP contribution in [0, 0.1) is 6.92 Å². The van der Waals surface area contributed by atoms with Gasteiger partial charge in [-0.15, -0.1) is 0 Å². The van der Waals surface area contributed by atoms with Gasteiger partial charge in [0.2, 0.25) is 0 Å². The summed E-state index contributed by atoms with van der Waals surface area (Å²) in [7, 11) is 1.62. The number of nitrogens with one attached hydrogen (secondary N) is 2. The largest absolute Gasteiger partial charge is 0.497 e. The van der Waals surface area contributed by atoms with E-state index in [1.165, 1.54) is 0 Å². The van der Waals surface area contributed by atoms with Crippen LogP contribution >= 0.6 is 0 Å². The Hall–Kier alpha value is -3.07. The van der Waals surface area contributed by atoms with Crippen molar-refractivity contribution in [3.63, 3.8) is 0 Å². The van der Waals surface area contributed by atoms with Gasteiger partial charge in [-0.2, -0.15) is 0 Å². The van der Waals surface area contributed by atoms with E-state index in [2.05, 4.69) is 20.7 Å². The second-order valence-electron chi connectivity index (χ2n) is 6.91. The molecule has 3 rings (SSSR count). The van der Waals surface area contributed by atoms with Crippen LogP contribution in [0.3, 0.4) is 0 Å². The van der Waals surface area contributed by atoms with Gasteiger partial charge in [-0.1, -0.05) is 17.3 Å². The first-order valence-corrected chi connectivity index (χ1v) is 9.65. The Bertz CT molecular complexity index is 813. The third-order valence-corrected chi connectivity index (χ3v) is 4.83. The van der Waals surface area contributed by atoms with E-state index < -0.39 is 0 Å². The number of rotatable bonds is 7. The molecule has 9 nitrogen and oxygen atoms in total. The molecule has 29 heavy (non-hydrogen) atoms. The molecule has 2 heterocycles. The van der Waals surface area contributed by atoms with Crippen LogP contribution in [0.1, 0.15) is 21.8 Å². The first kappa shape index (κ1) is 20.7. The highest BCUT2D eigenvalue weighted by molar-refractivity contribution is 5.92. The number of amides is 3. The standard InChI is InChI=1S/C20H27N5O4/c1-15-13-18(23-29-15)19(26)25-11-9-24(10-12-25)8-7-21-20(27)22-14-16-3-5-17(28-2)6-4-16/h3-6,13H,7-12,14H2,1-2H3,(H2,21,22,27). The predicted molar refractivity (Wildman–Crippen MR) is 107 cm³/mol. The molecule has 1 saturated heterocycles. The number of nitrogens with zero attached hydrogens (tertiary/aromatic N) is 3. The van der Waals surface area contributed by atoms with Crippen LogP contribution < -0.4 is 15.4 Å². The average Bonchev–Trinajstić information content (AvgIpc) is 3.19. The van der Waals surface area contributed by atoms with Gasteiger partial charge in [0.25, 0.3) is 5.91 Å². The lowest BCUT2D eigenvalue weighted by Crippen LogP contribution is -2.50. The van der Waals surface area contributed by atoms with E-state index in [9.17, 15) is 9.59 Å². The predicted octanol–water partition coefficient (Wildman–Crippen LogP) is 1.25. The van der Waals surface area contributed by atoms with Crippen molar-refractivity contribution >= 4 is 11.9 Å². The highest BCUT2D eigenvalue weighted by Gasteiger charge is 2.24. The second kappa shape index (κ2) is 9.92. The summed E-state index contributed by atoms with van der Waals surface area (Å²) in [5.74, 6) is 1.32. The lowest BCUT2D eigenvalue weighted by molar-refractivity contribution is 0.0629. The Kier molecular flexibility index (Phi) is 7.07. The Labute approximate surface area is 170 Å². The molecular weight excluding hydrogens is 374 g/mol. The van der Waals surface area contributed by atoms with Gasteiger partial charge < -0.3 is 24.8 Å². The zero-order chi connectivity index (χ0) is 20.6. The number of aryl methyl sites for hydroxylation is 1. The highest BCUT2D eigenvalue weighted by atomic mass is 16.5. The number of benzene rings is 1. The fourth-order valence-electron chi connectivity index (χ4n) is 3.12. The Morgan fingerprint density at radius 3 is 2.48 bits per heavy atom. The van der Waals surface area contributed by atoms with Crippen molar-refractivity contribution in [2.24, 2.45) is 0 Å². The molecule has 0 radical (unpaired) electrons. The molecule has 0 saturated carbocycles. The number of ether oxygens (including phenoxy) is 1. The van der Waals surface area contributed by atoms with E-state index >= 15 is 0 Å². The minimum Gasteiger partial charge on any atom is -0.497 e. The quantitative estimate of drug-likeness (QED) is 0.724. The molecule has 2 aromatic rings. The van der Waals surface area contributed by atoms with Crippen LogP contribution in [0.4, 0.5) is 4.79 Å². The minimum atomic E-state index is -0.198. The van der Waals surface area contributed by atoms with Gasteiger partial charge in [0.15, 0.2) is 5.69 Å². The maximum absolute atomic E-state index is 12.4. The van der Waals surface area contributed by atoms with Crippen LogP contribution in [-0.4, -0.2) is 73.3 Å². The zero-order valence-electron chi connectivity index (χ0n) is 16.8. The monoisotopic (exact) mass is 401 g/mol. The minimum absolute atomic E-state index is 0.0995. The molecule has 9 heteroatoms. The summed E-state index contributed by atoms with van der Waals surface area (Å²) in [5, 5.41) is 9.49. The first-order valence-electron chi connectivity index (χ1n) is 9.65. The maximum atomic E-state index is 12.4. The van der Waals surface area contributed by atoms with Crippen molar-refractivity contribution in [2.75, 3.05) is 46.4 Å². The molecule has 1 aromatic heterocycles. The molecule has 2 N–H and O–H groups in total. The van der Waals surface area contributed by atoms with Crippen molar-refractivity contribution in [1.82, 2.24) is 25.6 Å². The van der Waals surface area contributed by atoms with Gasteiger partial charge in [0, 0.05) is 51.9 Å². The number of piperazine rings is 1. The lowest BCUT2D eigenvalue weighted by Gasteiger charge is -2.34. The normalized spacial score (nSPS) is 14.5. The van der Waals surface area contributed by atoms with Gasteiger partial charge in [0.1, 0.15) is 11.5 Å². The van der Waals surface area contributed by atoms with Crippen molar-refractivity contribution in [1.29, 1.82) is 0 Å². The number of hydrogen-bond donors (Lipinski definition) is 2. The van der Waals surface area contributed by atoms with E-state index in [1.54, 1.807) is 25.0 Å².